The number of rotatable bonds is 2. The molecule has 0 aromatic carbocycles. The van der Waals surface area contributed by atoms with Gasteiger partial charge in [-0.05, 0) is 6.42 Å². The lowest BCUT2D eigenvalue weighted by Crippen LogP contribution is -2.51. The largest absolute Gasteiger partial charge is 0.393 e. The SMILES string of the molecule is NC1[C@@H](n2cnc3c(=O)[nH]cnc32)C[C@H](O)[C@@]1(F)CO. The molecule has 4 atom stereocenters. The standard InChI is InChI=1S/C11H14FN5O3/c12-11(2-18)6(19)1-5(8(11)13)17-4-16-7-9(17)14-3-15-10(7)20/h3-6,8,18-19H,1-2,13H2,(H,14,15,20)/t5-,6-,8?,11-/m0/s1. The average molecular weight is 283 g/mol. The summed E-state index contributed by atoms with van der Waals surface area (Å²) in [6.07, 6.45) is 1.19. The number of aliphatic hydroxyl groups excluding tert-OH is 2. The normalized spacial score (nSPS) is 33.9. The quantitative estimate of drug-likeness (QED) is 0.528. The molecule has 20 heavy (non-hydrogen) atoms. The topological polar surface area (TPSA) is 130 Å². The van der Waals surface area contributed by atoms with Crippen molar-refractivity contribution in [3.05, 3.63) is 23.0 Å². The Morgan fingerprint density at radius 3 is 3.00 bits per heavy atom. The second-order valence-electron chi connectivity index (χ2n) is 4.99. The molecule has 108 valence electrons. The average Bonchev–Trinajstić information content (AvgIpc) is 2.95. The second kappa shape index (κ2) is 4.33. The maximum atomic E-state index is 14.4. The van der Waals surface area contributed by atoms with E-state index in [4.69, 9.17) is 10.8 Å². The van der Waals surface area contributed by atoms with E-state index in [1.165, 1.54) is 17.2 Å². The Bertz CT molecular complexity index is 701. The van der Waals surface area contributed by atoms with E-state index < -0.39 is 36.0 Å². The molecule has 1 fully saturated rings. The second-order valence-corrected chi connectivity index (χ2v) is 4.99. The Kier molecular flexibility index (Phi) is 2.85. The zero-order chi connectivity index (χ0) is 14.5. The molecular formula is C11H14FN5O3. The first-order valence-corrected chi connectivity index (χ1v) is 6.12. The van der Waals surface area contributed by atoms with Crippen LogP contribution in [0, 0.1) is 0 Å². The smallest absolute Gasteiger partial charge is 0.278 e. The number of aromatic nitrogens is 4. The fourth-order valence-electron chi connectivity index (χ4n) is 2.72. The van der Waals surface area contributed by atoms with E-state index in [1.54, 1.807) is 0 Å². The van der Waals surface area contributed by atoms with Gasteiger partial charge in [0.05, 0.1) is 37.4 Å². The lowest BCUT2D eigenvalue weighted by atomic mass is 9.99. The fraction of sp³-hybridized carbons (Fsp3) is 0.545. The van der Waals surface area contributed by atoms with Gasteiger partial charge in [0.1, 0.15) is 0 Å². The van der Waals surface area contributed by atoms with Gasteiger partial charge in [-0.15, -0.1) is 0 Å². The van der Waals surface area contributed by atoms with Crippen LogP contribution in [0.15, 0.2) is 17.4 Å². The van der Waals surface area contributed by atoms with Gasteiger partial charge in [-0.2, -0.15) is 0 Å². The number of hydrogen-bond donors (Lipinski definition) is 4. The van der Waals surface area contributed by atoms with Crippen molar-refractivity contribution in [3.63, 3.8) is 0 Å². The molecule has 1 unspecified atom stereocenters. The van der Waals surface area contributed by atoms with Crippen molar-refractivity contribution in [1.29, 1.82) is 0 Å². The van der Waals surface area contributed by atoms with Crippen molar-refractivity contribution in [2.75, 3.05) is 6.61 Å². The molecule has 0 spiro atoms. The first-order chi connectivity index (χ1) is 9.49. The highest BCUT2D eigenvalue weighted by Gasteiger charge is 2.54. The molecule has 2 heterocycles. The number of fused-ring (bicyclic) bond motifs is 1. The van der Waals surface area contributed by atoms with Crippen LogP contribution in [0.3, 0.4) is 0 Å². The summed E-state index contributed by atoms with van der Waals surface area (Å²) >= 11 is 0. The van der Waals surface area contributed by atoms with Gasteiger partial charge < -0.3 is 25.5 Å². The number of halogens is 1. The molecule has 2 aromatic heterocycles. The maximum absolute atomic E-state index is 14.4. The van der Waals surface area contributed by atoms with E-state index in [0.717, 1.165) is 0 Å². The van der Waals surface area contributed by atoms with E-state index in [0.29, 0.717) is 0 Å². The molecule has 1 aliphatic rings. The number of nitrogens with one attached hydrogen (secondary N) is 1. The Morgan fingerprint density at radius 2 is 2.35 bits per heavy atom. The van der Waals surface area contributed by atoms with Crippen LogP contribution in [0.25, 0.3) is 11.2 Å². The number of aliphatic hydroxyl groups is 2. The lowest BCUT2D eigenvalue weighted by Gasteiger charge is -2.27. The van der Waals surface area contributed by atoms with Gasteiger partial charge >= 0.3 is 0 Å². The van der Waals surface area contributed by atoms with Gasteiger partial charge in [0, 0.05) is 0 Å². The van der Waals surface area contributed by atoms with Crippen LogP contribution < -0.4 is 11.3 Å². The van der Waals surface area contributed by atoms with E-state index in [2.05, 4.69) is 15.0 Å². The minimum atomic E-state index is -2.28. The Hall–Kier alpha value is -1.84. The predicted molar refractivity (Wildman–Crippen MR) is 66.7 cm³/mol. The van der Waals surface area contributed by atoms with E-state index in [9.17, 15) is 14.3 Å². The summed E-state index contributed by atoms with van der Waals surface area (Å²) in [6, 6.07) is -1.76. The van der Waals surface area contributed by atoms with Gasteiger partial charge in [-0.25, -0.2) is 14.4 Å². The Balaban J connectivity index is 2.09. The van der Waals surface area contributed by atoms with Crippen molar-refractivity contribution in [2.45, 2.75) is 30.3 Å². The Labute approximate surface area is 112 Å². The minimum absolute atomic E-state index is 0.0121. The summed E-state index contributed by atoms with van der Waals surface area (Å²) in [7, 11) is 0. The summed E-state index contributed by atoms with van der Waals surface area (Å²) in [6.45, 7) is -0.869. The molecular weight excluding hydrogens is 269 g/mol. The number of alkyl halides is 1. The molecule has 3 rings (SSSR count). The van der Waals surface area contributed by atoms with Crippen molar-refractivity contribution in [3.8, 4) is 0 Å². The summed E-state index contributed by atoms with van der Waals surface area (Å²) in [5.41, 5.74) is 3.53. The fourth-order valence-corrected chi connectivity index (χ4v) is 2.72. The van der Waals surface area contributed by atoms with Crippen LogP contribution in [0.2, 0.25) is 0 Å². The zero-order valence-corrected chi connectivity index (χ0v) is 10.4. The highest BCUT2D eigenvalue weighted by molar-refractivity contribution is 5.69. The van der Waals surface area contributed by atoms with Crippen molar-refractivity contribution in [1.82, 2.24) is 19.5 Å². The zero-order valence-electron chi connectivity index (χ0n) is 10.4. The van der Waals surface area contributed by atoms with Gasteiger partial charge in [0.2, 0.25) is 0 Å². The van der Waals surface area contributed by atoms with Crippen LogP contribution in [-0.4, -0.2) is 54.2 Å². The first kappa shape index (κ1) is 13.2. The number of imidazole rings is 1. The van der Waals surface area contributed by atoms with Crippen LogP contribution in [0.5, 0.6) is 0 Å². The highest BCUT2D eigenvalue weighted by atomic mass is 19.1. The predicted octanol–water partition coefficient (Wildman–Crippen LogP) is -1.55. The third-order valence-corrected chi connectivity index (χ3v) is 3.95. The third kappa shape index (κ3) is 1.60. The molecule has 1 aliphatic carbocycles. The molecule has 0 amide bonds. The van der Waals surface area contributed by atoms with Crippen molar-refractivity contribution >= 4 is 11.2 Å². The van der Waals surface area contributed by atoms with Crippen LogP contribution in [0.1, 0.15) is 12.5 Å². The number of H-pyrrole nitrogens is 1. The summed E-state index contributed by atoms with van der Waals surface area (Å²) < 4.78 is 15.9. The molecule has 0 aliphatic heterocycles. The minimum Gasteiger partial charge on any atom is -0.393 e. The highest BCUT2D eigenvalue weighted by Crippen LogP contribution is 2.40. The van der Waals surface area contributed by atoms with Crippen LogP contribution in [-0.2, 0) is 0 Å². The molecule has 8 nitrogen and oxygen atoms in total. The van der Waals surface area contributed by atoms with Crippen LogP contribution >= 0.6 is 0 Å². The molecule has 9 heteroatoms. The Morgan fingerprint density at radius 1 is 1.60 bits per heavy atom. The number of aromatic amines is 1. The summed E-state index contributed by atoms with van der Waals surface area (Å²) in [4.78, 5) is 21.9. The first-order valence-electron chi connectivity index (χ1n) is 6.12. The van der Waals surface area contributed by atoms with Gasteiger partial charge in [0.25, 0.3) is 5.56 Å². The van der Waals surface area contributed by atoms with Gasteiger partial charge in [0.15, 0.2) is 16.8 Å². The summed E-state index contributed by atoms with van der Waals surface area (Å²) in [5.74, 6) is 0. The van der Waals surface area contributed by atoms with Gasteiger partial charge in [-0.1, -0.05) is 0 Å². The number of nitrogens with zero attached hydrogens (tertiary/aromatic N) is 3. The number of nitrogens with two attached hydrogens (primary N) is 1. The molecule has 5 N–H and O–H groups in total. The molecule has 1 saturated carbocycles. The molecule has 0 saturated heterocycles. The third-order valence-electron chi connectivity index (χ3n) is 3.95. The van der Waals surface area contributed by atoms with E-state index in [-0.39, 0.29) is 17.6 Å². The van der Waals surface area contributed by atoms with Gasteiger partial charge in [-0.3, -0.25) is 4.79 Å². The monoisotopic (exact) mass is 283 g/mol. The van der Waals surface area contributed by atoms with E-state index in [1.807, 2.05) is 0 Å². The van der Waals surface area contributed by atoms with Crippen LogP contribution in [0.4, 0.5) is 4.39 Å². The van der Waals surface area contributed by atoms with Crippen molar-refractivity contribution in [2.24, 2.45) is 5.73 Å². The summed E-state index contributed by atoms with van der Waals surface area (Å²) in [5, 5.41) is 18.9. The maximum Gasteiger partial charge on any atom is 0.278 e. The van der Waals surface area contributed by atoms with E-state index >= 15 is 0 Å². The molecule has 2 aromatic rings. The lowest BCUT2D eigenvalue weighted by molar-refractivity contribution is -0.0322. The number of hydrogen-bond acceptors (Lipinski definition) is 6. The molecule has 0 radical (unpaired) electrons. The molecule has 0 bridgehead atoms. The van der Waals surface area contributed by atoms with Crippen molar-refractivity contribution < 1.29 is 14.6 Å².